The zero-order valence-corrected chi connectivity index (χ0v) is 15.6. The number of rotatable bonds is 4. The molecule has 0 aliphatic rings. The lowest BCUT2D eigenvalue weighted by molar-refractivity contribution is 0.0938. The second-order valence-corrected chi connectivity index (χ2v) is 6.99. The molecule has 0 aliphatic carbocycles. The predicted octanol–water partition coefficient (Wildman–Crippen LogP) is 3.89. The lowest BCUT2D eigenvalue weighted by Crippen LogP contribution is -2.31. The average Bonchev–Trinajstić information content (AvgIpc) is 2.64. The molecule has 0 saturated carbocycles. The van der Waals surface area contributed by atoms with Crippen LogP contribution in [-0.2, 0) is 7.05 Å². The molecule has 3 rings (SSSR count). The molecule has 1 heterocycles. The normalized spacial score (nSPS) is 12.2. The van der Waals surface area contributed by atoms with Gasteiger partial charge in [0.25, 0.3) is 5.91 Å². The van der Waals surface area contributed by atoms with Crippen molar-refractivity contribution in [2.45, 2.75) is 17.9 Å². The highest BCUT2D eigenvalue weighted by Gasteiger charge is 2.17. The van der Waals surface area contributed by atoms with E-state index in [1.807, 2.05) is 37.4 Å². The molecule has 0 spiro atoms. The van der Waals surface area contributed by atoms with Crippen LogP contribution >= 0.6 is 11.8 Å². The van der Waals surface area contributed by atoms with E-state index in [0.29, 0.717) is 5.52 Å². The van der Waals surface area contributed by atoms with Gasteiger partial charge in [0, 0.05) is 23.5 Å². The van der Waals surface area contributed by atoms with Crippen molar-refractivity contribution in [3.63, 3.8) is 0 Å². The van der Waals surface area contributed by atoms with E-state index in [0.717, 1.165) is 10.5 Å². The summed E-state index contributed by atoms with van der Waals surface area (Å²) in [6, 6.07) is 11.6. The Hall–Kier alpha value is -2.60. The first kappa shape index (κ1) is 18.2. The van der Waals surface area contributed by atoms with Gasteiger partial charge in [0.15, 0.2) is 0 Å². The zero-order chi connectivity index (χ0) is 18.8. The van der Waals surface area contributed by atoms with Crippen LogP contribution in [0.2, 0.25) is 0 Å². The number of aromatic nitrogens is 1. The van der Waals surface area contributed by atoms with Gasteiger partial charge in [0.2, 0.25) is 5.43 Å². The molecular formula is C20H19FN2O2S. The number of carbonyl (C=O) groups is 1. The van der Waals surface area contributed by atoms with E-state index in [9.17, 15) is 14.0 Å². The number of benzene rings is 2. The van der Waals surface area contributed by atoms with Gasteiger partial charge in [0.05, 0.1) is 11.6 Å². The largest absolute Gasteiger partial charge is 0.350 e. The van der Waals surface area contributed by atoms with Crippen molar-refractivity contribution in [3.8, 4) is 0 Å². The minimum absolute atomic E-state index is 0.00168. The summed E-state index contributed by atoms with van der Waals surface area (Å²) in [5.74, 6) is -0.979. The summed E-state index contributed by atoms with van der Waals surface area (Å²) in [6.07, 6.45) is 3.49. The Labute approximate surface area is 155 Å². The number of hydrogen-bond donors (Lipinski definition) is 1. The van der Waals surface area contributed by atoms with Crippen molar-refractivity contribution < 1.29 is 9.18 Å². The molecule has 0 fully saturated rings. The highest BCUT2D eigenvalue weighted by molar-refractivity contribution is 7.98. The summed E-state index contributed by atoms with van der Waals surface area (Å²) in [6.45, 7) is 1.86. The topological polar surface area (TPSA) is 51.1 Å². The molecule has 0 radical (unpaired) electrons. The van der Waals surface area contributed by atoms with Crippen LogP contribution < -0.4 is 10.7 Å². The van der Waals surface area contributed by atoms with Gasteiger partial charge in [0.1, 0.15) is 11.4 Å². The summed E-state index contributed by atoms with van der Waals surface area (Å²) in [7, 11) is 1.72. The van der Waals surface area contributed by atoms with E-state index >= 15 is 0 Å². The molecule has 2 aromatic carbocycles. The van der Waals surface area contributed by atoms with Crippen LogP contribution in [-0.4, -0.2) is 16.7 Å². The van der Waals surface area contributed by atoms with Crippen LogP contribution in [0, 0.1) is 5.82 Å². The number of nitrogens with zero attached hydrogens (tertiary/aromatic N) is 1. The molecule has 0 unspecified atom stereocenters. The molecule has 134 valence electrons. The van der Waals surface area contributed by atoms with Gasteiger partial charge < -0.3 is 9.88 Å². The molecular weight excluding hydrogens is 351 g/mol. The maximum Gasteiger partial charge on any atom is 0.257 e. The van der Waals surface area contributed by atoms with Gasteiger partial charge in [-0.15, -0.1) is 11.8 Å². The maximum absolute atomic E-state index is 13.5. The third-order valence-corrected chi connectivity index (χ3v) is 5.10. The Bertz CT molecular complexity index is 1030. The van der Waals surface area contributed by atoms with E-state index in [2.05, 4.69) is 5.32 Å². The van der Waals surface area contributed by atoms with Gasteiger partial charge in [-0.3, -0.25) is 9.59 Å². The number of fused-ring (bicyclic) bond motifs is 1. The lowest BCUT2D eigenvalue weighted by Gasteiger charge is -2.15. The summed E-state index contributed by atoms with van der Waals surface area (Å²) in [5, 5.41) is 3.04. The lowest BCUT2D eigenvalue weighted by atomic mass is 10.1. The Morgan fingerprint density at radius 2 is 1.88 bits per heavy atom. The second-order valence-electron chi connectivity index (χ2n) is 6.11. The molecule has 0 aliphatic heterocycles. The fourth-order valence-corrected chi connectivity index (χ4v) is 3.28. The standard InChI is InChI=1S/C20H19FN2O2S/c1-12(13-4-7-15(26-3)8-5-13)22-20(25)17-11-23(2)18-9-6-14(21)10-16(18)19(17)24/h4-12H,1-3H3,(H,22,25)/t12-/m0/s1. The third kappa shape index (κ3) is 3.51. The average molecular weight is 370 g/mol. The highest BCUT2D eigenvalue weighted by atomic mass is 32.2. The number of thioether (sulfide) groups is 1. The number of halogens is 1. The van der Waals surface area contributed by atoms with Crippen LogP contribution in [0.1, 0.15) is 28.9 Å². The first-order valence-corrected chi connectivity index (χ1v) is 9.37. The van der Waals surface area contributed by atoms with Gasteiger partial charge in [-0.05, 0) is 49.1 Å². The van der Waals surface area contributed by atoms with Crippen LogP contribution in [0.5, 0.6) is 0 Å². The quantitative estimate of drug-likeness (QED) is 0.709. The molecule has 4 nitrogen and oxygen atoms in total. The van der Waals surface area contributed by atoms with E-state index in [1.165, 1.54) is 24.4 Å². The number of amides is 1. The third-order valence-electron chi connectivity index (χ3n) is 4.36. The van der Waals surface area contributed by atoms with E-state index < -0.39 is 17.2 Å². The maximum atomic E-state index is 13.5. The van der Waals surface area contributed by atoms with Crippen molar-refractivity contribution in [1.82, 2.24) is 9.88 Å². The van der Waals surface area contributed by atoms with Crippen molar-refractivity contribution in [1.29, 1.82) is 0 Å². The molecule has 6 heteroatoms. The Morgan fingerprint density at radius 1 is 1.19 bits per heavy atom. The summed E-state index contributed by atoms with van der Waals surface area (Å²) in [4.78, 5) is 26.4. The summed E-state index contributed by atoms with van der Waals surface area (Å²) < 4.78 is 15.2. The van der Waals surface area contributed by atoms with Crippen LogP contribution in [0.25, 0.3) is 10.9 Å². The van der Waals surface area contributed by atoms with Gasteiger partial charge in [-0.2, -0.15) is 0 Å². The second kappa shape index (κ2) is 7.33. The van der Waals surface area contributed by atoms with Crippen LogP contribution in [0.15, 0.2) is 58.4 Å². The Balaban J connectivity index is 1.92. The number of nitrogens with one attached hydrogen (secondary N) is 1. The monoisotopic (exact) mass is 370 g/mol. The van der Waals surface area contributed by atoms with Gasteiger partial charge >= 0.3 is 0 Å². The SMILES string of the molecule is CSc1ccc([C@H](C)NC(=O)c2cn(C)c3ccc(F)cc3c2=O)cc1. The molecule has 0 bridgehead atoms. The fraction of sp³-hybridized carbons (Fsp3) is 0.200. The molecule has 1 aromatic heterocycles. The zero-order valence-electron chi connectivity index (χ0n) is 14.7. The smallest absolute Gasteiger partial charge is 0.257 e. The van der Waals surface area contributed by atoms with Crippen molar-refractivity contribution in [3.05, 3.63) is 75.8 Å². The Kier molecular flexibility index (Phi) is 5.13. The molecule has 26 heavy (non-hydrogen) atoms. The van der Waals surface area contributed by atoms with Crippen LogP contribution in [0.4, 0.5) is 4.39 Å². The molecule has 0 saturated heterocycles. The Morgan fingerprint density at radius 3 is 2.54 bits per heavy atom. The number of hydrogen-bond acceptors (Lipinski definition) is 3. The first-order chi connectivity index (χ1) is 12.4. The van der Waals surface area contributed by atoms with Crippen molar-refractivity contribution in [2.75, 3.05) is 6.26 Å². The molecule has 1 N–H and O–H groups in total. The van der Waals surface area contributed by atoms with Crippen LogP contribution in [0.3, 0.4) is 0 Å². The molecule has 1 amide bonds. The number of aryl methyl sites for hydroxylation is 1. The van der Waals surface area contributed by atoms with Gasteiger partial charge in [-0.1, -0.05) is 12.1 Å². The minimum atomic E-state index is -0.505. The van der Waals surface area contributed by atoms with E-state index in [1.54, 1.807) is 23.4 Å². The number of carbonyl (C=O) groups excluding carboxylic acids is 1. The summed E-state index contributed by atoms with van der Waals surface area (Å²) in [5.41, 5.74) is 1.05. The van der Waals surface area contributed by atoms with Crippen molar-refractivity contribution in [2.24, 2.45) is 7.05 Å². The number of pyridine rings is 1. The minimum Gasteiger partial charge on any atom is -0.350 e. The summed E-state index contributed by atoms with van der Waals surface area (Å²) >= 11 is 1.64. The molecule has 3 aromatic rings. The predicted molar refractivity (Wildman–Crippen MR) is 103 cm³/mol. The fourth-order valence-electron chi connectivity index (χ4n) is 2.88. The van der Waals surface area contributed by atoms with E-state index in [-0.39, 0.29) is 17.0 Å². The highest BCUT2D eigenvalue weighted by Crippen LogP contribution is 2.19. The van der Waals surface area contributed by atoms with Crippen molar-refractivity contribution >= 4 is 28.6 Å². The first-order valence-electron chi connectivity index (χ1n) is 8.14. The van der Waals surface area contributed by atoms with E-state index in [4.69, 9.17) is 0 Å². The molecule has 1 atom stereocenters. The van der Waals surface area contributed by atoms with Gasteiger partial charge in [-0.25, -0.2) is 4.39 Å².